The first-order chi connectivity index (χ1) is 14.8. The zero-order valence-electron chi connectivity index (χ0n) is 17.8. The number of nitrogens with one attached hydrogen (secondary N) is 2. The number of para-hydroxylation sites is 1. The van der Waals surface area contributed by atoms with Crippen LogP contribution in [-0.4, -0.2) is 20.4 Å². The van der Waals surface area contributed by atoms with E-state index in [2.05, 4.69) is 10.0 Å². The van der Waals surface area contributed by atoms with Gasteiger partial charge in [0, 0.05) is 11.4 Å². The maximum Gasteiger partial charge on any atom is 0.265 e. The van der Waals surface area contributed by atoms with E-state index in [1.54, 1.807) is 30.3 Å². The highest BCUT2D eigenvalue weighted by Crippen LogP contribution is 2.21. The van der Waals surface area contributed by atoms with Crippen LogP contribution in [0, 0.1) is 13.8 Å². The molecule has 3 aromatic carbocycles. The average molecular weight is 439 g/mol. The van der Waals surface area contributed by atoms with Gasteiger partial charge in [-0.2, -0.15) is 0 Å². The predicted molar refractivity (Wildman–Crippen MR) is 123 cm³/mol. The Morgan fingerprint density at radius 1 is 0.935 bits per heavy atom. The van der Waals surface area contributed by atoms with Crippen LogP contribution < -0.4 is 14.8 Å². The third-order valence-corrected chi connectivity index (χ3v) is 6.13. The lowest BCUT2D eigenvalue weighted by Gasteiger charge is -2.18. The fourth-order valence-electron chi connectivity index (χ4n) is 3.03. The van der Waals surface area contributed by atoms with Crippen molar-refractivity contribution in [2.24, 2.45) is 0 Å². The molecule has 0 bridgehead atoms. The monoisotopic (exact) mass is 438 g/mol. The highest BCUT2D eigenvalue weighted by molar-refractivity contribution is 7.92. The van der Waals surface area contributed by atoms with Crippen molar-refractivity contribution in [1.82, 2.24) is 0 Å². The molecule has 0 aliphatic heterocycles. The summed E-state index contributed by atoms with van der Waals surface area (Å²) in [6, 6.07) is 20.7. The maximum atomic E-state index is 12.6. The van der Waals surface area contributed by atoms with Crippen molar-refractivity contribution in [2.75, 3.05) is 10.0 Å². The SMILES string of the molecule is CC[C@@H](Oc1ccccc1C)C(=O)Nc1ccc(S(=O)(=O)Nc2cccc(C)c2)cc1. The number of carbonyl (C=O) groups is 1. The van der Waals surface area contributed by atoms with Gasteiger partial charge in [-0.3, -0.25) is 9.52 Å². The second kappa shape index (κ2) is 9.66. The third kappa shape index (κ3) is 5.86. The number of hydrogen-bond donors (Lipinski definition) is 2. The van der Waals surface area contributed by atoms with Gasteiger partial charge in [0.05, 0.1) is 4.90 Å². The first-order valence-electron chi connectivity index (χ1n) is 10.0. The topological polar surface area (TPSA) is 84.5 Å². The number of aryl methyl sites for hydroxylation is 2. The number of rotatable bonds is 8. The van der Waals surface area contributed by atoms with Gasteiger partial charge in [-0.25, -0.2) is 8.42 Å². The number of carbonyl (C=O) groups excluding carboxylic acids is 1. The van der Waals surface area contributed by atoms with Crippen molar-refractivity contribution in [1.29, 1.82) is 0 Å². The van der Waals surface area contributed by atoms with Gasteiger partial charge in [-0.1, -0.05) is 37.3 Å². The lowest BCUT2D eigenvalue weighted by molar-refractivity contribution is -0.122. The molecular weight excluding hydrogens is 412 g/mol. The molecule has 0 fully saturated rings. The number of anilines is 2. The van der Waals surface area contributed by atoms with Crippen LogP contribution in [0.1, 0.15) is 24.5 Å². The number of ether oxygens (including phenoxy) is 1. The van der Waals surface area contributed by atoms with E-state index >= 15 is 0 Å². The summed E-state index contributed by atoms with van der Waals surface area (Å²) >= 11 is 0. The molecular formula is C24H26N2O4S. The van der Waals surface area contributed by atoms with E-state index in [1.165, 1.54) is 12.1 Å². The van der Waals surface area contributed by atoms with Gasteiger partial charge in [-0.15, -0.1) is 0 Å². The first kappa shape index (κ1) is 22.4. The molecule has 0 saturated heterocycles. The molecule has 0 aromatic heterocycles. The summed E-state index contributed by atoms with van der Waals surface area (Å²) < 4.78 is 33.7. The molecule has 7 heteroatoms. The third-order valence-electron chi connectivity index (χ3n) is 4.73. The number of amides is 1. The molecule has 31 heavy (non-hydrogen) atoms. The normalized spacial score (nSPS) is 12.1. The van der Waals surface area contributed by atoms with Crippen LogP contribution >= 0.6 is 0 Å². The molecule has 0 spiro atoms. The van der Waals surface area contributed by atoms with Crippen molar-refractivity contribution in [3.05, 3.63) is 83.9 Å². The largest absolute Gasteiger partial charge is 0.480 e. The van der Waals surface area contributed by atoms with Gasteiger partial charge in [0.2, 0.25) is 0 Å². The Labute approximate surface area is 183 Å². The van der Waals surface area contributed by atoms with Crippen molar-refractivity contribution < 1.29 is 17.9 Å². The highest BCUT2D eigenvalue weighted by Gasteiger charge is 2.20. The number of hydrogen-bond acceptors (Lipinski definition) is 4. The summed E-state index contributed by atoms with van der Waals surface area (Å²) in [4.78, 5) is 12.8. The van der Waals surface area contributed by atoms with Crippen LogP contribution in [0.3, 0.4) is 0 Å². The lowest BCUT2D eigenvalue weighted by Crippen LogP contribution is -2.32. The van der Waals surface area contributed by atoms with E-state index < -0.39 is 16.1 Å². The predicted octanol–water partition coefficient (Wildman–Crippen LogP) is 4.90. The van der Waals surface area contributed by atoms with Crippen molar-refractivity contribution in [3.8, 4) is 5.75 Å². The van der Waals surface area contributed by atoms with Gasteiger partial charge in [0.25, 0.3) is 15.9 Å². The fraction of sp³-hybridized carbons (Fsp3) is 0.208. The summed E-state index contributed by atoms with van der Waals surface area (Å²) in [7, 11) is -3.73. The van der Waals surface area contributed by atoms with E-state index in [0.29, 0.717) is 23.5 Å². The molecule has 2 N–H and O–H groups in total. The fourth-order valence-corrected chi connectivity index (χ4v) is 4.08. The lowest BCUT2D eigenvalue weighted by atomic mass is 10.2. The first-order valence-corrected chi connectivity index (χ1v) is 11.5. The summed E-state index contributed by atoms with van der Waals surface area (Å²) in [5.41, 5.74) is 2.89. The molecule has 3 rings (SSSR count). The molecule has 1 atom stereocenters. The van der Waals surface area contributed by atoms with Crippen LogP contribution in [0.2, 0.25) is 0 Å². The summed E-state index contributed by atoms with van der Waals surface area (Å²) in [5, 5.41) is 2.79. The molecule has 0 saturated carbocycles. The van der Waals surface area contributed by atoms with Gasteiger partial charge in [0.15, 0.2) is 6.10 Å². The van der Waals surface area contributed by atoms with E-state index in [-0.39, 0.29) is 10.8 Å². The Balaban J connectivity index is 1.67. The van der Waals surface area contributed by atoms with E-state index in [0.717, 1.165) is 11.1 Å². The number of benzene rings is 3. The minimum atomic E-state index is -3.73. The van der Waals surface area contributed by atoms with Gasteiger partial charge < -0.3 is 10.1 Å². The minimum absolute atomic E-state index is 0.107. The molecule has 1 amide bonds. The Hall–Kier alpha value is -3.32. The quantitative estimate of drug-likeness (QED) is 0.524. The van der Waals surface area contributed by atoms with Crippen LogP contribution in [0.5, 0.6) is 5.75 Å². The summed E-state index contributed by atoms with van der Waals surface area (Å²) in [5.74, 6) is 0.368. The van der Waals surface area contributed by atoms with Gasteiger partial charge in [0.1, 0.15) is 5.75 Å². The second-order valence-electron chi connectivity index (χ2n) is 7.27. The molecule has 0 aliphatic rings. The highest BCUT2D eigenvalue weighted by atomic mass is 32.2. The zero-order chi connectivity index (χ0) is 22.4. The van der Waals surface area contributed by atoms with Crippen molar-refractivity contribution in [3.63, 3.8) is 0 Å². The van der Waals surface area contributed by atoms with Crippen LogP contribution in [0.4, 0.5) is 11.4 Å². The van der Waals surface area contributed by atoms with Crippen LogP contribution in [-0.2, 0) is 14.8 Å². The van der Waals surface area contributed by atoms with E-state index in [4.69, 9.17) is 4.74 Å². The molecule has 6 nitrogen and oxygen atoms in total. The zero-order valence-corrected chi connectivity index (χ0v) is 18.6. The molecule has 0 radical (unpaired) electrons. The standard InChI is InChI=1S/C24H26N2O4S/c1-4-22(30-23-11-6-5-9-18(23)3)24(27)25-19-12-14-21(15-13-19)31(28,29)26-20-10-7-8-17(2)16-20/h5-16,22,26H,4H2,1-3H3,(H,25,27)/t22-/m1/s1. The van der Waals surface area contributed by atoms with Gasteiger partial charge in [-0.05, 0) is 73.9 Å². The Kier molecular flexibility index (Phi) is 6.97. The molecule has 0 unspecified atom stereocenters. The Morgan fingerprint density at radius 3 is 2.29 bits per heavy atom. The second-order valence-corrected chi connectivity index (χ2v) is 8.95. The smallest absolute Gasteiger partial charge is 0.265 e. The molecule has 0 aliphatic carbocycles. The summed E-state index contributed by atoms with van der Waals surface area (Å²) in [6.07, 6.45) is -0.167. The van der Waals surface area contributed by atoms with Crippen molar-refractivity contribution in [2.45, 2.75) is 38.2 Å². The molecule has 0 heterocycles. The van der Waals surface area contributed by atoms with Crippen LogP contribution in [0.25, 0.3) is 0 Å². The van der Waals surface area contributed by atoms with Gasteiger partial charge >= 0.3 is 0 Å². The van der Waals surface area contributed by atoms with E-state index in [9.17, 15) is 13.2 Å². The molecule has 3 aromatic rings. The van der Waals surface area contributed by atoms with Crippen molar-refractivity contribution >= 4 is 27.3 Å². The number of sulfonamides is 1. The van der Waals surface area contributed by atoms with E-state index in [1.807, 2.05) is 51.1 Å². The summed E-state index contributed by atoms with van der Waals surface area (Å²) in [6.45, 7) is 5.68. The average Bonchev–Trinajstić information content (AvgIpc) is 2.73. The Morgan fingerprint density at radius 2 is 1.65 bits per heavy atom. The Bertz CT molecular complexity index is 1160. The minimum Gasteiger partial charge on any atom is -0.480 e. The molecule has 162 valence electrons. The maximum absolute atomic E-state index is 12.6. The van der Waals surface area contributed by atoms with Crippen LogP contribution in [0.15, 0.2) is 77.7 Å².